The summed E-state index contributed by atoms with van der Waals surface area (Å²) in [4.78, 5) is 13.1. The Morgan fingerprint density at radius 1 is 0.574 bits per heavy atom. The van der Waals surface area contributed by atoms with Crippen molar-refractivity contribution in [2.45, 2.75) is 262 Å². The third-order valence-electron chi connectivity index (χ3n) is 11.9. The molecule has 1 heterocycles. The fraction of sp³-hybridized carbons (Fsp3) is 0.860. The minimum atomic E-state index is -1.67. The van der Waals surface area contributed by atoms with Gasteiger partial charge in [-0.05, 0) is 70.6 Å². The number of unbranched alkanes of at least 4 members (excludes halogenated alkanes) is 23. The van der Waals surface area contributed by atoms with E-state index in [1.54, 1.807) is 0 Å². The molecule has 0 spiro atoms. The second-order valence-corrected chi connectivity index (χ2v) is 17.5. The highest BCUT2D eigenvalue weighted by Crippen LogP contribution is 2.23. The molecule has 0 aromatic carbocycles. The zero-order valence-electron chi connectivity index (χ0n) is 38.6. The summed E-state index contributed by atoms with van der Waals surface area (Å²) in [6.45, 7) is 3.29. The van der Waals surface area contributed by atoms with E-state index in [0.29, 0.717) is 19.3 Å². The molecule has 0 bridgehead atoms. The van der Waals surface area contributed by atoms with Gasteiger partial charge in [0.25, 0.3) is 0 Å². The number of rotatable bonds is 41. The number of amides is 1. The Hall–Kier alpha value is -1.67. The van der Waals surface area contributed by atoms with Crippen LogP contribution in [0.1, 0.15) is 206 Å². The van der Waals surface area contributed by atoms with E-state index in [9.17, 15) is 40.5 Å². The summed E-state index contributed by atoms with van der Waals surface area (Å²) < 4.78 is 11.0. The first-order chi connectivity index (χ1) is 29.7. The van der Waals surface area contributed by atoms with Gasteiger partial charge in [-0.1, -0.05) is 172 Å². The fourth-order valence-electron chi connectivity index (χ4n) is 7.81. The van der Waals surface area contributed by atoms with E-state index in [2.05, 4.69) is 49.5 Å². The lowest BCUT2D eigenvalue weighted by atomic mass is 9.98. The molecule has 1 aliphatic rings. The van der Waals surface area contributed by atoms with Crippen LogP contribution in [0.5, 0.6) is 0 Å². The summed E-state index contributed by atoms with van der Waals surface area (Å²) in [6, 6.07) is -1.19. The monoisotopic (exact) mass is 868 g/mol. The number of carbonyl (C=O) groups excluding carboxylic acids is 1. The quantitative estimate of drug-likeness (QED) is 0.0218. The van der Waals surface area contributed by atoms with Gasteiger partial charge in [0, 0.05) is 0 Å². The van der Waals surface area contributed by atoms with Crippen molar-refractivity contribution in [1.29, 1.82) is 0 Å². The Morgan fingerprint density at radius 2 is 1.03 bits per heavy atom. The van der Waals surface area contributed by atoms with Crippen LogP contribution in [0.2, 0.25) is 0 Å². The standard InChI is InChI=1S/C50H93NO10/c1-3-5-7-9-11-13-14-15-16-17-18-19-20-21-22-23-24-25-26-27-28-30-32-34-36-38-43(54)49(59)51-41(40-60-50-48(58)47(57)46(56)44(39-52)61-50)45(55)42(53)37-35-33-31-29-12-10-8-6-4-2/h6,8,21-22,29,31,41-48,50,52-58H,3-5,7,9-20,23-28,30,32-40H2,1-2H3,(H,51,59)/b8-6+,22-21-,31-29+. The zero-order valence-corrected chi connectivity index (χ0v) is 38.6. The molecule has 0 aromatic rings. The smallest absolute Gasteiger partial charge is 0.249 e. The first-order valence-corrected chi connectivity index (χ1v) is 24.9. The van der Waals surface area contributed by atoms with Crippen molar-refractivity contribution >= 4 is 5.91 Å². The van der Waals surface area contributed by atoms with Crippen molar-refractivity contribution < 1.29 is 50.0 Å². The second kappa shape index (κ2) is 39.9. The normalized spacial score (nSPS) is 21.8. The highest BCUT2D eigenvalue weighted by atomic mass is 16.7. The van der Waals surface area contributed by atoms with Crippen LogP contribution in [0.4, 0.5) is 0 Å². The minimum Gasteiger partial charge on any atom is -0.394 e. The van der Waals surface area contributed by atoms with Crippen LogP contribution in [0.3, 0.4) is 0 Å². The molecule has 1 saturated heterocycles. The molecule has 11 nitrogen and oxygen atoms in total. The van der Waals surface area contributed by atoms with E-state index in [1.807, 2.05) is 6.08 Å². The molecule has 9 unspecified atom stereocenters. The Morgan fingerprint density at radius 3 is 1.54 bits per heavy atom. The van der Waals surface area contributed by atoms with E-state index in [1.165, 1.54) is 122 Å². The third kappa shape index (κ3) is 29.4. The zero-order chi connectivity index (χ0) is 44.8. The van der Waals surface area contributed by atoms with Crippen molar-refractivity contribution in [1.82, 2.24) is 5.32 Å². The SMILES string of the molecule is CC/C=C/CC/C=C/CCCC(O)C(O)C(COC1OC(CO)C(O)C(O)C1O)NC(=O)C(O)CCCCCCCCCCC/C=C\CCCCCCCCCCCCCC. The maximum atomic E-state index is 13.1. The van der Waals surface area contributed by atoms with E-state index < -0.39 is 74.2 Å². The van der Waals surface area contributed by atoms with Crippen LogP contribution >= 0.6 is 0 Å². The van der Waals surface area contributed by atoms with E-state index in [0.717, 1.165) is 38.5 Å². The van der Waals surface area contributed by atoms with Crippen LogP contribution < -0.4 is 5.32 Å². The Bertz CT molecular complexity index is 1090. The second-order valence-electron chi connectivity index (χ2n) is 17.5. The molecule has 8 N–H and O–H groups in total. The van der Waals surface area contributed by atoms with E-state index in [4.69, 9.17) is 9.47 Å². The van der Waals surface area contributed by atoms with Gasteiger partial charge in [0.05, 0.1) is 25.4 Å². The Kier molecular flexibility index (Phi) is 37.5. The van der Waals surface area contributed by atoms with E-state index in [-0.39, 0.29) is 12.8 Å². The summed E-state index contributed by atoms with van der Waals surface area (Å²) in [5, 5.41) is 75.5. The minimum absolute atomic E-state index is 0.243. The first-order valence-electron chi connectivity index (χ1n) is 24.9. The molecule has 11 heteroatoms. The molecule has 0 radical (unpaired) electrons. The largest absolute Gasteiger partial charge is 0.394 e. The van der Waals surface area contributed by atoms with Gasteiger partial charge >= 0.3 is 0 Å². The van der Waals surface area contributed by atoms with Crippen molar-refractivity contribution in [2.75, 3.05) is 13.2 Å². The predicted molar refractivity (Wildman–Crippen MR) is 247 cm³/mol. The van der Waals surface area contributed by atoms with Gasteiger partial charge in [-0.2, -0.15) is 0 Å². The maximum absolute atomic E-state index is 13.1. The summed E-state index contributed by atoms with van der Waals surface area (Å²) in [7, 11) is 0. The topological polar surface area (TPSA) is 189 Å². The lowest BCUT2D eigenvalue weighted by molar-refractivity contribution is -0.303. The number of aliphatic hydroxyl groups is 7. The van der Waals surface area contributed by atoms with Gasteiger partial charge < -0.3 is 50.5 Å². The average Bonchev–Trinajstić information content (AvgIpc) is 3.26. The molecule has 1 fully saturated rings. The molecule has 0 aliphatic carbocycles. The molecule has 61 heavy (non-hydrogen) atoms. The lowest BCUT2D eigenvalue weighted by Crippen LogP contribution is -2.60. The van der Waals surface area contributed by atoms with Crippen LogP contribution in [0, 0.1) is 0 Å². The molecule has 9 atom stereocenters. The highest BCUT2D eigenvalue weighted by Gasteiger charge is 2.44. The Balaban J connectivity index is 2.30. The molecule has 1 aliphatic heterocycles. The number of aliphatic hydroxyl groups excluding tert-OH is 7. The summed E-state index contributed by atoms with van der Waals surface area (Å²) >= 11 is 0. The van der Waals surface area contributed by atoms with Crippen molar-refractivity contribution in [3.05, 3.63) is 36.5 Å². The first kappa shape index (κ1) is 57.3. The van der Waals surface area contributed by atoms with Gasteiger partial charge in [0.1, 0.15) is 36.6 Å². The van der Waals surface area contributed by atoms with Crippen molar-refractivity contribution in [3.63, 3.8) is 0 Å². The number of ether oxygens (including phenoxy) is 2. The van der Waals surface area contributed by atoms with Crippen LogP contribution in [-0.4, -0.2) is 110 Å². The number of nitrogens with one attached hydrogen (secondary N) is 1. The molecular weight excluding hydrogens is 775 g/mol. The summed E-state index contributed by atoms with van der Waals surface area (Å²) in [5.74, 6) is -0.715. The number of carbonyl (C=O) groups is 1. The van der Waals surface area contributed by atoms with E-state index >= 15 is 0 Å². The third-order valence-corrected chi connectivity index (χ3v) is 11.9. The summed E-state index contributed by atoms with van der Waals surface area (Å²) in [6.07, 6.45) is 35.2. The van der Waals surface area contributed by atoms with Crippen molar-refractivity contribution in [2.24, 2.45) is 0 Å². The average molecular weight is 868 g/mol. The van der Waals surface area contributed by atoms with Crippen LogP contribution in [-0.2, 0) is 14.3 Å². The number of allylic oxidation sites excluding steroid dienone is 6. The lowest BCUT2D eigenvalue weighted by Gasteiger charge is -2.40. The van der Waals surface area contributed by atoms with Crippen LogP contribution in [0.15, 0.2) is 36.5 Å². The van der Waals surface area contributed by atoms with Gasteiger partial charge in [0.2, 0.25) is 5.91 Å². The van der Waals surface area contributed by atoms with Crippen molar-refractivity contribution in [3.8, 4) is 0 Å². The van der Waals surface area contributed by atoms with Gasteiger partial charge in [-0.25, -0.2) is 0 Å². The van der Waals surface area contributed by atoms with Gasteiger partial charge in [-0.3, -0.25) is 4.79 Å². The molecule has 1 rings (SSSR count). The van der Waals surface area contributed by atoms with Gasteiger partial charge in [0.15, 0.2) is 6.29 Å². The molecule has 358 valence electrons. The predicted octanol–water partition coefficient (Wildman–Crippen LogP) is 8.78. The highest BCUT2D eigenvalue weighted by molar-refractivity contribution is 5.80. The molecule has 0 aromatic heterocycles. The molecular formula is C50H93NO10. The number of hydrogen-bond acceptors (Lipinski definition) is 10. The Labute approximate surface area is 371 Å². The molecule has 0 saturated carbocycles. The fourth-order valence-corrected chi connectivity index (χ4v) is 7.81. The molecule has 1 amide bonds. The summed E-state index contributed by atoms with van der Waals surface area (Å²) in [5.41, 5.74) is 0. The van der Waals surface area contributed by atoms with Crippen LogP contribution in [0.25, 0.3) is 0 Å². The maximum Gasteiger partial charge on any atom is 0.249 e. The number of hydrogen-bond donors (Lipinski definition) is 8. The van der Waals surface area contributed by atoms with Gasteiger partial charge in [-0.15, -0.1) is 0 Å².